The van der Waals surface area contributed by atoms with Gasteiger partial charge in [0, 0.05) is 51.9 Å². The average molecular weight is 533 g/mol. The van der Waals surface area contributed by atoms with Crippen LogP contribution in [0.2, 0.25) is 0 Å². The van der Waals surface area contributed by atoms with Crippen molar-refractivity contribution in [3.8, 4) is 0 Å². The molecular formula is C23H32IN7. The number of aromatic nitrogens is 3. The zero-order chi connectivity index (χ0) is 20.8. The average Bonchev–Trinajstić information content (AvgIpc) is 3.17. The van der Waals surface area contributed by atoms with Crippen LogP contribution in [0.5, 0.6) is 0 Å². The smallest absolute Gasteiger partial charge is 0.191 e. The first-order valence-electron chi connectivity index (χ1n) is 10.7. The normalized spacial score (nSPS) is 15.6. The first-order valence-corrected chi connectivity index (χ1v) is 10.7. The number of fused-ring (bicyclic) bond motifs is 1. The van der Waals surface area contributed by atoms with E-state index in [1.165, 1.54) is 11.1 Å². The number of halogens is 1. The van der Waals surface area contributed by atoms with Gasteiger partial charge in [-0.1, -0.05) is 35.9 Å². The molecule has 2 aromatic heterocycles. The Bertz CT molecular complexity index is 992. The van der Waals surface area contributed by atoms with Gasteiger partial charge in [-0.2, -0.15) is 0 Å². The van der Waals surface area contributed by atoms with Crippen molar-refractivity contribution in [1.29, 1.82) is 0 Å². The van der Waals surface area contributed by atoms with E-state index in [0.717, 1.165) is 62.9 Å². The third-order valence-electron chi connectivity index (χ3n) is 5.67. The number of rotatable bonds is 6. The van der Waals surface area contributed by atoms with Gasteiger partial charge in [-0.05, 0) is 37.5 Å². The van der Waals surface area contributed by atoms with E-state index in [2.05, 4.69) is 61.9 Å². The second-order valence-corrected chi connectivity index (χ2v) is 7.98. The number of guanidine groups is 1. The van der Waals surface area contributed by atoms with E-state index in [9.17, 15) is 0 Å². The maximum atomic E-state index is 4.40. The molecule has 7 nitrogen and oxygen atoms in total. The predicted octanol–water partition coefficient (Wildman–Crippen LogP) is 3.03. The summed E-state index contributed by atoms with van der Waals surface area (Å²) in [6.07, 6.45) is 5.05. The number of hydrogen-bond acceptors (Lipinski definition) is 4. The highest BCUT2D eigenvalue weighted by Crippen LogP contribution is 2.14. The lowest BCUT2D eigenvalue weighted by Gasteiger charge is -2.33. The molecule has 0 bridgehead atoms. The maximum Gasteiger partial charge on any atom is 0.191 e. The maximum absolute atomic E-state index is 4.40. The molecular weight excluding hydrogens is 501 g/mol. The van der Waals surface area contributed by atoms with Crippen LogP contribution in [0.3, 0.4) is 0 Å². The molecule has 0 saturated carbocycles. The van der Waals surface area contributed by atoms with Crippen LogP contribution in [0.25, 0.3) is 5.65 Å². The zero-order valence-corrected chi connectivity index (χ0v) is 20.6. The minimum Gasteiger partial charge on any atom is -0.356 e. The van der Waals surface area contributed by atoms with Gasteiger partial charge >= 0.3 is 0 Å². The predicted molar refractivity (Wildman–Crippen MR) is 136 cm³/mol. The summed E-state index contributed by atoms with van der Waals surface area (Å²) in [5.41, 5.74) is 3.62. The summed E-state index contributed by atoms with van der Waals surface area (Å²) in [4.78, 5) is 6.94. The lowest BCUT2D eigenvalue weighted by molar-refractivity contribution is 0.198. The van der Waals surface area contributed by atoms with Gasteiger partial charge in [-0.25, -0.2) is 0 Å². The third-order valence-corrected chi connectivity index (χ3v) is 5.67. The van der Waals surface area contributed by atoms with Gasteiger partial charge in [0.15, 0.2) is 11.6 Å². The molecule has 0 aliphatic carbocycles. The standard InChI is InChI=1S/C23H31N7.HI/c1-18-6-5-7-19(16-18)17-29-14-10-20(11-15-29)26-23(24-2)25-12-9-22-28-27-21-8-3-4-13-30(21)22;/h3-8,13,16,20H,9-12,14-15,17H2,1-2H3,(H2,24,25,26);1H. The quantitative estimate of drug-likeness (QED) is 0.290. The number of nitrogens with zero attached hydrogens (tertiary/aromatic N) is 5. The molecule has 4 rings (SSSR count). The highest BCUT2D eigenvalue weighted by Gasteiger charge is 2.20. The molecule has 0 radical (unpaired) electrons. The minimum absolute atomic E-state index is 0. The molecule has 1 fully saturated rings. The van der Waals surface area contributed by atoms with E-state index in [1.807, 2.05) is 35.8 Å². The van der Waals surface area contributed by atoms with Gasteiger partial charge in [-0.15, -0.1) is 34.2 Å². The van der Waals surface area contributed by atoms with E-state index in [1.54, 1.807) is 0 Å². The Labute approximate surface area is 201 Å². The van der Waals surface area contributed by atoms with Gasteiger partial charge in [-0.3, -0.25) is 14.3 Å². The zero-order valence-electron chi connectivity index (χ0n) is 18.3. The highest BCUT2D eigenvalue weighted by atomic mass is 127. The molecule has 1 aromatic carbocycles. The van der Waals surface area contributed by atoms with Crippen LogP contribution in [0, 0.1) is 6.92 Å². The van der Waals surface area contributed by atoms with Crippen LogP contribution < -0.4 is 10.6 Å². The first-order chi connectivity index (χ1) is 14.7. The molecule has 3 heterocycles. The number of pyridine rings is 1. The molecule has 1 saturated heterocycles. The third kappa shape index (κ3) is 6.39. The van der Waals surface area contributed by atoms with Crippen molar-refractivity contribution >= 4 is 35.6 Å². The molecule has 8 heteroatoms. The summed E-state index contributed by atoms with van der Waals surface area (Å²) in [5.74, 6) is 1.82. The Hall–Kier alpha value is -2.20. The molecule has 31 heavy (non-hydrogen) atoms. The van der Waals surface area contributed by atoms with Crippen molar-refractivity contribution in [2.75, 3.05) is 26.7 Å². The Morgan fingerprint density at radius 3 is 2.74 bits per heavy atom. The molecule has 1 aliphatic rings. The summed E-state index contributed by atoms with van der Waals surface area (Å²) >= 11 is 0. The monoisotopic (exact) mass is 533 g/mol. The van der Waals surface area contributed by atoms with Crippen molar-refractivity contribution in [3.63, 3.8) is 0 Å². The summed E-state index contributed by atoms with van der Waals surface area (Å²) in [7, 11) is 1.83. The fourth-order valence-corrected chi connectivity index (χ4v) is 4.05. The van der Waals surface area contributed by atoms with E-state index in [-0.39, 0.29) is 24.0 Å². The second-order valence-electron chi connectivity index (χ2n) is 7.98. The largest absolute Gasteiger partial charge is 0.356 e. The van der Waals surface area contributed by atoms with Crippen LogP contribution in [0.4, 0.5) is 0 Å². The fraction of sp³-hybridized carbons (Fsp3) is 0.435. The SMILES string of the molecule is CN=C(NCCc1nnc2ccccn12)NC1CCN(Cc2cccc(C)c2)CC1.I. The van der Waals surface area contributed by atoms with Crippen LogP contribution in [-0.2, 0) is 13.0 Å². The Morgan fingerprint density at radius 1 is 1.13 bits per heavy atom. The van der Waals surface area contributed by atoms with Crippen LogP contribution in [0.1, 0.15) is 29.8 Å². The number of piperidine rings is 1. The van der Waals surface area contributed by atoms with E-state index >= 15 is 0 Å². The van der Waals surface area contributed by atoms with E-state index in [4.69, 9.17) is 0 Å². The molecule has 3 aromatic rings. The summed E-state index contributed by atoms with van der Waals surface area (Å²) < 4.78 is 2.03. The fourth-order valence-electron chi connectivity index (χ4n) is 4.05. The number of benzene rings is 1. The minimum atomic E-state index is 0. The summed E-state index contributed by atoms with van der Waals surface area (Å²) in [6.45, 7) is 6.17. The Balaban J connectivity index is 0.00000272. The van der Waals surface area contributed by atoms with Gasteiger partial charge in [0.2, 0.25) is 0 Å². The van der Waals surface area contributed by atoms with E-state index < -0.39 is 0 Å². The first kappa shape index (κ1) is 23.5. The Morgan fingerprint density at radius 2 is 1.97 bits per heavy atom. The van der Waals surface area contributed by atoms with Crippen LogP contribution in [0.15, 0.2) is 53.7 Å². The van der Waals surface area contributed by atoms with Crippen molar-refractivity contribution in [3.05, 3.63) is 65.6 Å². The van der Waals surface area contributed by atoms with Crippen LogP contribution in [-0.4, -0.2) is 58.2 Å². The van der Waals surface area contributed by atoms with Gasteiger partial charge in [0.25, 0.3) is 0 Å². The second kappa shape index (κ2) is 11.4. The van der Waals surface area contributed by atoms with Gasteiger partial charge in [0.1, 0.15) is 5.82 Å². The number of aryl methyl sites for hydroxylation is 1. The van der Waals surface area contributed by atoms with Crippen molar-refractivity contribution in [1.82, 2.24) is 30.1 Å². The lowest BCUT2D eigenvalue weighted by atomic mass is 10.0. The number of nitrogens with one attached hydrogen (secondary N) is 2. The summed E-state index contributed by atoms with van der Waals surface area (Å²) in [5, 5.41) is 15.5. The molecule has 166 valence electrons. The number of likely N-dealkylation sites (tertiary alicyclic amines) is 1. The number of hydrogen-bond donors (Lipinski definition) is 2. The highest BCUT2D eigenvalue weighted by molar-refractivity contribution is 14.0. The molecule has 0 unspecified atom stereocenters. The number of aliphatic imine (C=N–C) groups is 1. The van der Waals surface area contributed by atoms with Crippen molar-refractivity contribution in [2.24, 2.45) is 4.99 Å². The van der Waals surface area contributed by atoms with Crippen molar-refractivity contribution in [2.45, 2.75) is 38.8 Å². The molecule has 1 aliphatic heterocycles. The summed E-state index contributed by atoms with van der Waals surface area (Å²) in [6, 6.07) is 15.2. The van der Waals surface area contributed by atoms with E-state index in [0.29, 0.717) is 6.04 Å². The van der Waals surface area contributed by atoms with Gasteiger partial charge < -0.3 is 10.6 Å². The van der Waals surface area contributed by atoms with Crippen LogP contribution >= 0.6 is 24.0 Å². The molecule has 0 atom stereocenters. The molecule has 0 amide bonds. The van der Waals surface area contributed by atoms with Crippen molar-refractivity contribution < 1.29 is 0 Å². The lowest BCUT2D eigenvalue weighted by Crippen LogP contribution is -2.48. The molecule has 2 N–H and O–H groups in total. The molecule has 0 spiro atoms. The Kier molecular flexibility index (Phi) is 8.65. The topological polar surface area (TPSA) is 69.8 Å². The van der Waals surface area contributed by atoms with Gasteiger partial charge in [0.05, 0.1) is 0 Å².